The third-order valence-electron chi connectivity index (χ3n) is 3.44. The van der Waals surface area contributed by atoms with Gasteiger partial charge < -0.3 is 10.2 Å². The Morgan fingerprint density at radius 1 is 1.45 bits per heavy atom. The third kappa shape index (κ3) is 4.40. The van der Waals surface area contributed by atoms with E-state index >= 15 is 0 Å². The number of carbonyl (C=O) groups excluding carboxylic acids is 1. The molecular weight excluding hydrogens is 292 g/mol. The minimum absolute atomic E-state index is 0.237. The van der Waals surface area contributed by atoms with E-state index in [2.05, 4.69) is 12.2 Å². The molecule has 1 saturated heterocycles. The van der Waals surface area contributed by atoms with Crippen LogP contribution in [-0.4, -0.2) is 42.2 Å². The van der Waals surface area contributed by atoms with E-state index in [0.717, 1.165) is 42.4 Å². The molecule has 20 heavy (non-hydrogen) atoms. The molecule has 1 N–H and O–H groups in total. The maximum atomic E-state index is 12.4. The summed E-state index contributed by atoms with van der Waals surface area (Å²) in [5, 5.41) is 4.06. The summed E-state index contributed by atoms with van der Waals surface area (Å²) in [6.07, 6.45) is 2.07. The average Bonchev–Trinajstić information content (AvgIpc) is 2.97. The van der Waals surface area contributed by atoms with Crippen LogP contribution in [-0.2, 0) is 4.79 Å². The Balaban J connectivity index is 1.89. The topological polar surface area (TPSA) is 32.3 Å². The normalized spacial score (nSPS) is 18.2. The second-order valence-electron chi connectivity index (χ2n) is 4.98. The number of rotatable bonds is 6. The molecule has 0 spiro atoms. The molecule has 5 heteroatoms. The summed E-state index contributed by atoms with van der Waals surface area (Å²) < 4.78 is 0. The SMILES string of the molecule is CCCN(C(=O)CSc1ccc(Cl)cc1)C1CCNC1. The molecule has 110 valence electrons. The number of benzene rings is 1. The number of nitrogens with one attached hydrogen (secondary N) is 1. The number of amides is 1. The zero-order chi connectivity index (χ0) is 14.4. The van der Waals surface area contributed by atoms with E-state index in [1.54, 1.807) is 11.8 Å². The molecule has 0 aromatic heterocycles. The Bertz CT molecular complexity index is 432. The maximum absolute atomic E-state index is 12.4. The summed E-state index contributed by atoms with van der Waals surface area (Å²) in [6.45, 7) is 4.92. The highest BCUT2D eigenvalue weighted by Gasteiger charge is 2.25. The fourth-order valence-electron chi connectivity index (χ4n) is 2.42. The highest BCUT2D eigenvalue weighted by Crippen LogP contribution is 2.21. The third-order valence-corrected chi connectivity index (χ3v) is 4.68. The highest BCUT2D eigenvalue weighted by atomic mass is 35.5. The maximum Gasteiger partial charge on any atom is 0.233 e. The molecule has 1 aliphatic rings. The van der Waals surface area contributed by atoms with Crippen LogP contribution in [0.3, 0.4) is 0 Å². The Hall–Kier alpha value is -0.710. The minimum Gasteiger partial charge on any atom is -0.338 e. The van der Waals surface area contributed by atoms with Crippen LogP contribution in [0.4, 0.5) is 0 Å². The van der Waals surface area contributed by atoms with Gasteiger partial charge in [-0.05, 0) is 43.7 Å². The van der Waals surface area contributed by atoms with Gasteiger partial charge in [0.1, 0.15) is 0 Å². The van der Waals surface area contributed by atoms with Crippen molar-refractivity contribution >= 4 is 29.3 Å². The van der Waals surface area contributed by atoms with Gasteiger partial charge in [-0.15, -0.1) is 11.8 Å². The fraction of sp³-hybridized carbons (Fsp3) is 0.533. The van der Waals surface area contributed by atoms with E-state index in [1.165, 1.54) is 0 Å². The van der Waals surface area contributed by atoms with E-state index < -0.39 is 0 Å². The van der Waals surface area contributed by atoms with Gasteiger partial charge in [0.2, 0.25) is 5.91 Å². The lowest BCUT2D eigenvalue weighted by Gasteiger charge is -2.28. The Labute approximate surface area is 130 Å². The molecule has 1 atom stereocenters. The summed E-state index contributed by atoms with van der Waals surface area (Å²) in [6, 6.07) is 8.01. The van der Waals surface area contributed by atoms with Crippen LogP contribution >= 0.6 is 23.4 Å². The average molecular weight is 313 g/mol. The molecular formula is C15H21ClN2OS. The number of hydrogen-bond acceptors (Lipinski definition) is 3. The molecule has 1 heterocycles. The van der Waals surface area contributed by atoms with Crippen LogP contribution in [0.15, 0.2) is 29.2 Å². The van der Waals surface area contributed by atoms with Crippen LogP contribution < -0.4 is 5.32 Å². The van der Waals surface area contributed by atoms with E-state index in [1.807, 2.05) is 29.2 Å². The standard InChI is InChI=1S/C15H21ClN2OS/c1-2-9-18(13-7-8-17-10-13)15(19)11-20-14-5-3-12(16)4-6-14/h3-6,13,17H,2,7-11H2,1H3. The van der Waals surface area contributed by atoms with Crippen LogP contribution in [0.1, 0.15) is 19.8 Å². The van der Waals surface area contributed by atoms with Gasteiger partial charge in [0, 0.05) is 29.0 Å². The van der Waals surface area contributed by atoms with E-state index in [9.17, 15) is 4.79 Å². The zero-order valence-corrected chi connectivity index (χ0v) is 13.3. The lowest BCUT2D eigenvalue weighted by Crippen LogP contribution is -2.43. The van der Waals surface area contributed by atoms with Gasteiger partial charge in [-0.3, -0.25) is 4.79 Å². The Kier molecular flexibility index (Phi) is 6.20. The van der Waals surface area contributed by atoms with Crippen molar-refractivity contribution in [3.05, 3.63) is 29.3 Å². The van der Waals surface area contributed by atoms with Crippen molar-refractivity contribution in [2.24, 2.45) is 0 Å². The van der Waals surface area contributed by atoms with E-state index in [0.29, 0.717) is 11.8 Å². The first-order valence-electron chi connectivity index (χ1n) is 7.09. The van der Waals surface area contributed by atoms with Crippen LogP contribution in [0, 0.1) is 0 Å². The smallest absolute Gasteiger partial charge is 0.233 e. The van der Waals surface area contributed by atoms with Gasteiger partial charge in [-0.1, -0.05) is 18.5 Å². The molecule has 0 aliphatic carbocycles. The highest BCUT2D eigenvalue weighted by molar-refractivity contribution is 8.00. The lowest BCUT2D eigenvalue weighted by molar-refractivity contribution is -0.130. The molecule has 0 radical (unpaired) electrons. The van der Waals surface area contributed by atoms with Gasteiger partial charge >= 0.3 is 0 Å². The van der Waals surface area contributed by atoms with Gasteiger partial charge in [-0.25, -0.2) is 0 Å². The molecule has 3 nitrogen and oxygen atoms in total. The predicted molar refractivity (Wildman–Crippen MR) is 85.5 cm³/mol. The number of hydrogen-bond donors (Lipinski definition) is 1. The summed E-state index contributed by atoms with van der Waals surface area (Å²) >= 11 is 7.44. The van der Waals surface area contributed by atoms with E-state index in [4.69, 9.17) is 11.6 Å². The number of nitrogens with zero attached hydrogens (tertiary/aromatic N) is 1. The summed E-state index contributed by atoms with van der Waals surface area (Å²) in [7, 11) is 0. The van der Waals surface area contributed by atoms with Crippen molar-refractivity contribution in [1.29, 1.82) is 0 Å². The number of thioether (sulfide) groups is 1. The Morgan fingerprint density at radius 3 is 2.80 bits per heavy atom. The Morgan fingerprint density at radius 2 is 2.20 bits per heavy atom. The largest absolute Gasteiger partial charge is 0.338 e. The lowest BCUT2D eigenvalue weighted by atomic mass is 10.2. The van der Waals surface area contributed by atoms with E-state index in [-0.39, 0.29) is 5.91 Å². The quantitative estimate of drug-likeness (QED) is 0.820. The number of carbonyl (C=O) groups is 1. The fourth-order valence-corrected chi connectivity index (χ4v) is 3.33. The molecule has 1 aliphatic heterocycles. The zero-order valence-electron chi connectivity index (χ0n) is 11.8. The van der Waals surface area contributed by atoms with Gasteiger partial charge in [0.25, 0.3) is 0 Å². The summed E-state index contributed by atoms with van der Waals surface area (Å²) in [5.74, 6) is 0.735. The van der Waals surface area contributed by atoms with Crippen molar-refractivity contribution in [2.75, 3.05) is 25.4 Å². The van der Waals surface area contributed by atoms with Crippen molar-refractivity contribution < 1.29 is 4.79 Å². The predicted octanol–water partition coefficient (Wildman–Crippen LogP) is 3.03. The first-order chi connectivity index (χ1) is 9.70. The van der Waals surface area contributed by atoms with Crippen LogP contribution in [0.2, 0.25) is 5.02 Å². The first-order valence-corrected chi connectivity index (χ1v) is 8.45. The van der Waals surface area contributed by atoms with Crippen molar-refractivity contribution in [3.63, 3.8) is 0 Å². The first kappa shape index (κ1) is 15.7. The van der Waals surface area contributed by atoms with Crippen LogP contribution in [0.25, 0.3) is 0 Å². The van der Waals surface area contributed by atoms with Crippen molar-refractivity contribution in [1.82, 2.24) is 10.2 Å². The minimum atomic E-state index is 0.237. The second kappa shape index (κ2) is 7.91. The molecule has 1 unspecified atom stereocenters. The van der Waals surface area contributed by atoms with Crippen molar-refractivity contribution in [2.45, 2.75) is 30.7 Å². The monoisotopic (exact) mass is 312 g/mol. The molecule has 0 bridgehead atoms. The van der Waals surface area contributed by atoms with Crippen LogP contribution in [0.5, 0.6) is 0 Å². The molecule has 1 aromatic rings. The molecule has 1 aromatic carbocycles. The molecule has 0 saturated carbocycles. The van der Waals surface area contributed by atoms with Gasteiger partial charge in [0.15, 0.2) is 0 Å². The summed E-state index contributed by atoms with van der Waals surface area (Å²) in [4.78, 5) is 15.5. The molecule has 2 rings (SSSR count). The second-order valence-corrected chi connectivity index (χ2v) is 6.46. The molecule has 1 fully saturated rings. The van der Waals surface area contributed by atoms with Crippen molar-refractivity contribution in [3.8, 4) is 0 Å². The number of halogens is 1. The van der Waals surface area contributed by atoms with Gasteiger partial charge in [-0.2, -0.15) is 0 Å². The van der Waals surface area contributed by atoms with Gasteiger partial charge in [0.05, 0.1) is 5.75 Å². The molecule has 1 amide bonds. The summed E-state index contributed by atoms with van der Waals surface area (Å²) in [5.41, 5.74) is 0.